The highest BCUT2D eigenvalue weighted by atomic mass is 16.5. The number of carbonyl (C=O) groups is 1. The number of carbonyl (C=O) groups excluding carboxylic acids is 1. The summed E-state index contributed by atoms with van der Waals surface area (Å²) in [4.78, 5) is 11.5. The molecule has 0 unspecified atom stereocenters. The van der Waals surface area contributed by atoms with Crippen molar-refractivity contribution in [3.05, 3.63) is 0 Å². The van der Waals surface area contributed by atoms with Crippen LogP contribution >= 0.6 is 0 Å². The summed E-state index contributed by atoms with van der Waals surface area (Å²) < 4.78 is 5.82. The molecule has 0 aromatic carbocycles. The van der Waals surface area contributed by atoms with Gasteiger partial charge in [0.1, 0.15) is 5.60 Å². The van der Waals surface area contributed by atoms with Crippen molar-refractivity contribution < 1.29 is 9.53 Å². The van der Waals surface area contributed by atoms with E-state index in [0.717, 1.165) is 19.3 Å². The van der Waals surface area contributed by atoms with Crippen LogP contribution in [0.4, 0.5) is 0 Å². The van der Waals surface area contributed by atoms with Crippen molar-refractivity contribution in [1.29, 1.82) is 0 Å². The van der Waals surface area contributed by atoms with Crippen molar-refractivity contribution in [1.82, 2.24) is 0 Å². The van der Waals surface area contributed by atoms with Gasteiger partial charge in [0.2, 0.25) is 0 Å². The molecule has 0 aromatic rings. The van der Waals surface area contributed by atoms with Crippen molar-refractivity contribution in [3.8, 4) is 0 Å². The molecule has 3 fully saturated rings. The Kier molecular flexibility index (Phi) is 1.45. The number of ether oxygens (including phenoxy) is 1. The van der Waals surface area contributed by atoms with E-state index in [1.54, 1.807) is 0 Å². The van der Waals surface area contributed by atoms with Crippen LogP contribution in [-0.4, -0.2) is 17.0 Å². The molecule has 68 valence electrons. The molecule has 0 aromatic heterocycles. The van der Waals surface area contributed by atoms with Gasteiger partial charge >= 0.3 is 0 Å². The fourth-order valence-corrected chi connectivity index (χ4v) is 2.50. The van der Waals surface area contributed by atoms with Crippen LogP contribution in [0.5, 0.6) is 0 Å². The van der Waals surface area contributed by atoms with Gasteiger partial charge in [-0.3, -0.25) is 4.79 Å². The summed E-state index contributed by atoms with van der Waals surface area (Å²) in [6.45, 7) is 6.13. The fraction of sp³-hybridized carbons (Fsp3) is 0.900. The molecule has 0 spiro atoms. The van der Waals surface area contributed by atoms with Crippen LogP contribution in [0.25, 0.3) is 0 Å². The van der Waals surface area contributed by atoms with Crippen LogP contribution < -0.4 is 0 Å². The largest absolute Gasteiger partial charge is 0.361 e. The van der Waals surface area contributed by atoms with Crippen LogP contribution in [0.2, 0.25) is 0 Å². The zero-order valence-electron chi connectivity index (χ0n) is 8.02. The quantitative estimate of drug-likeness (QED) is 0.552. The van der Waals surface area contributed by atoms with Crippen molar-refractivity contribution in [2.75, 3.05) is 0 Å². The highest BCUT2D eigenvalue weighted by Gasteiger charge is 2.53. The van der Waals surface area contributed by atoms with Crippen molar-refractivity contribution in [2.45, 2.75) is 51.2 Å². The Labute approximate surface area is 73.3 Å². The van der Waals surface area contributed by atoms with Crippen molar-refractivity contribution in [2.24, 2.45) is 5.92 Å². The summed E-state index contributed by atoms with van der Waals surface area (Å²) in [7, 11) is 0. The average molecular weight is 168 g/mol. The smallest absolute Gasteiger partial charge is 0.164 e. The van der Waals surface area contributed by atoms with Crippen LogP contribution in [-0.2, 0) is 9.53 Å². The van der Waals surface area contributed by atoms with Gasteiger partial charge in [0.25, 0.3) is 0 Å². The van der Waals surface area contributed by atoms with E-state index in [-0.39, 0.29) is 5.60 Å². The summed E-state index contributed by atoms with van der Waals surface area (Å²) in [5.74, 6) is 0.755. The lowest BCUT2D eigenvalue weighted by Gasteiger charge is -2.52. The molecule has 2 atom stereocenters. The normalized spacial score (nSPS) is 44.9. The first-order valence-corrected chi connectivity index (χ1v) is 4.67. The van der Waals surface area contributed by atoms with E-state index in [1.807, 2.05) is 6.92 Å². The molecule has 12 heavy (non-hydrogen) atoms. The van der Waals surface area contributed by atoms with E-state index in [0.29, 0.717) is 11.7 Å². The second-order valence-corrected chi connectivity index (χ2v) is 4.80. The van der Waals surface area contributed by atoms with Gasteiger partial charge in [-0.1, -0.05) is 0 Å². The predicted molar refractivity (Wildman–Crippen MR) is 45.9 cm³/mol. The molecule has 3 aliphatic rings. The Balaban J connectivity index is 2.32. The zero-order chi connectivity index (χ0) is 8.98. The Morgan fingerprint density at radius 2 is 2.08 bits per heavy atom. The third-order valence-electron chi connectivity index (χ3n) is 3.46. The van der Waals surface area contributed by atoms with Gasteiger partial charge in [0.05, 0.1) is 5.60 Å². The number of hydrogen-bond donors (Lipinski definition) is 0. The SMILES string of the molecule is CC1(C)O[C@@]2(C)CC[C@@H]1CC2=O. The lowest BCUT2D eigenvalue weighted by Crippen LogP contribution is -2.59. The topological polar surface area (TPSA) is 26.3 Å². The highest BCUT2D eigenvalue weighted by Crippen LogP contribution is 2.47. The molecule has 0 amide bonds. The molecule has 3 rings (SSSR count). The standard InChI is InChI=1S/C10H16O2/c1-9(2)7-4-5-10(3,12-9)8(11)6-7/h7H,4-6H2,1-3H3/t7-,10+/m1/s1. The molecule has 2 heteroatoms. The van der Waals surface area contributed by atoms with Gasteiger partial charge in [0, 0.05) is 6.42 Å². The Bertz CT molecular complexity index is 232. The maximum Gasteiger partial charge on any atom is 0.164 e. The van der Waals surface area contributed by atoms with Gasteiger partial charge in [-0.25, -0.2) is 0 Å². The molecule has 2 heterocycles. The summed E-state index contributed by atoms with van der Waals surface area (Å²) >= 11 is 0. The predicted octanol–water partition coefficient (Wildman–Crippen LogP) is 1.92. The molecule has 2 nitrogen and oxygen atoms in total. The van der Waals surface area contributed by atoms with Gasteiger partial charge in [-0.15, -0.1) is 0 Å². The molecule has 2 bridgehead atoms. The van der Waals surface area contributed by atoms with E-state index in [1.165, 1.54) is 0 Å². The van der Waals surface area contributed by atoms with Crippen molar-refractivity contribution in [3.63, 3.8) is 0 Å². The van der Waals surface area contributed by atoms with Crippen LogP contribution in [0.15, 0.2) is 0 Å². The van der Waals surface area contributed by atoms with Gasteiger partial charge in [-0.05, 0) is 39.5 Å². The molecule has 1 aliphatic carbocycles. The Morgan fingerprint density at radius 1 is 1.42 bits per heavy atom. The van der Waals surface area contributed by atoms with Crippen molar-refractivity contribution >= 4 is 5.78 Å². The number of ketones is 1. The molecular formula is C10H16O2. The minimum Gasteiger partial charge on any atom is -0.361 e. The first kappa shape index (κ1) is 8.24. The molecular weight excluding hydrogens is 152 g/mol. The van der Waals surface area contributed by atoms with Gasteiger partial charge in [0.15, 0.2) is 5.78 Å². The van der Waals surface area contributed by atoms with Crippen LogP contribution in [0.3, 0.4) is 0 Å². The van der Waals surface area contributed by atoms with E-state index in [2.05, 4.69) is 13.8 Å². The van der Waals surface area contributed by atoms with Crippen LogP contribution in [0, 0.1) is 5.92 Å². The minimum atomic E-state index is -0.460. The number of hydrogen-bond acceptors (Lipinski definition) is 2. The Hall–Kier alpha value is -0.370. The van der Waals surface area contributed by atoms with E-state index in [9.17, 15) is 4.79 Å². The van der Waals surface area contributed by atoms with E-state index in [4.69, 9.17) is 4.74 Å². The third-order valence-corrected chi connectivity index (χ3v) is 3.46. The fourth-order valence-electron chi connectivity index (χ4n) is 2.50. The summed E-state index contributed by atoms with van der Waals surface area (Å²) in [6.07, 6.45) is 2.79. The maximum absolute atomic E-state index is 11.5. The number of Topliss-reactive ketones (excluding diaryl/α,β-unsaturated/α-hetero) is 1. The molecule has 2 aliphatic heterocycles. The molecule has 0 N–H and O–H groups in total. The third kappa shape index (κ3) is 0.939. The monoisotopic (exact) mass is 168 g/mol. The maximum atomic E-state index is 11.5. The highest BCUT2D eigenvalue weighted by molar-refractivity contribution is 5.88. The second kappa shape index (κ2) is 2.11. The zero-order valence-corrected chi connectivity index (χ0v) is 8.02. The van der Waals surface area contributed by atoms with Crippen LogP contribution in [0.1, 0.15) is 40.0 Å². The minimum absolute atomic E-state index is 0.0824. The van der Waals surface area contributed by atoms with E-state index < -0.39 is 5.60 Å². The van der Waals surface area contributed by atoms with Gasteiger partial charge < -0.3 is 4.74 Å². The summed E-state index contributed by atoms with van der Waals surface area (Å²) in [5.41, 5.74) is -0.542. The van der Waals surface area contributed by atoms with Gasteiger partial charge in [-0.2, -0.15) is 0 Å². The Morgan fingerprint density at radius 3 is 2.42 bits per heavy atom. The second-order valence-electron chi connectivity index (χ2n) is 4.80. The molecule has 2 saturated heterocycles. The number of rotatable bonds is 0. The average Bonchev–Trinajstić information content (AvgIpc) is 1.91. The lowest BCUT2D eigenvalue weighted by molar-refractivity contribution is -0.220. The van der Waals surface area contributed by atoms with E-state index >= 15 is 0 Å². The molecule has 1 saturated carbocycles. The number of fused-ring (bicyclic) bond motifs is 3. The lowest BCUT2D eigenvalue weighted by atomic mass is 9.68. The first-order valence-electron chi connectivity index (χ1n) is 4.67. The summed E-state index contributed by atoms with van der Waals surface area (Å²) in [5, 5.41) is 0. The molecule has 0 radical (unpaired) electrons. The first-order chi connectivity index (χ1) is 5.44. The summed E-state index contributed by atoms with van der Waals surface area (Å²) in [6, 6.07) is 0.